The average molecular weight is 281 g/mol. The Morgan fingerprint density at radius 1 is 1.00 bits per heavy atom. The van der Waals surface area contributed by atoms with Gasteiger partial charge < -0.3 is 5.32 Å². The predicted molar refractivity (Wildman–Crippen MR) is 66.5 cm³/mol. The van der Waals surface area contributed by atoms with E-state index in [1.54, 1.807) is 0 Å². The molecule has 2 fully saturated rings. The molecule has 0 saturated carbocycles. The number of hydrogen-bond acceptors (Lipinski definition) is 5. The lowest BCUT2D eigenvalue weighted by molar-refractivity contribution is 0.473. The van der Waals surface area contributed by atoms with E-state index in [0.29, 0.717) is 19.4 Å². The van der Waals surface area contributed by atoms with Crippen LogP contribution in [-0.2, 0) is 19.7 Å². The fraction of sp³-hybridized carbons (Fsp3) is 1.00. The van der Waals surface area contributed by atoms with Gasteiger partial charge in [0.05, 0.1) is 22.5 Å². The van der Waals surface area contributed by atoms with E-state index in [0.717, 1.165) is 12.8 Å². The van der Waals surface area contributed by atoms with Gasteiger partial charge in [-0.3, -0.25) is 0 Å². The summed E-state index contributed by atoms with van der Waals surface area (Å²) in [6.45, 7) is 0.405. The Balaban J connectivity index is 1.86. The van der Waals surface area contributed by atoms with Gasteiger partial charge in [-0.1, -0.05) is 0 Å². The monoisotopic (exact) mass is 281 g/mol. The Bertz CT molecular complexity index is 469. The van der Waals surface area contributed by atoms with E-state index >= 15 is 0 Å². The minimum atomic E-state index is -2.93. The predicted octanol–water partition coefficient (Wildman–Crippen LogP) is -0.270. The molecule has 0 aromatic heterocycles. The van der Waals surface area contributed by atoms with Crippen molar-refractivity contribution in [2.45, 2.75) is 37.0 Å². The second kappa shape index (κ2) is 4.85. The van der Waals surface area contributed by atoms with Crippen LogP contribution < -0.4 is 5.32 Å². The van der Waals surface area contributed by atoms with Gasteiger partial charge in [0.2, 0.25) is 0 Å². The van der Waals surface area contributed by atoms with Crippen LogP contribution in [0.4, 0.5) is 0 Å². The molecule has 5 nitrogen and oxygen atoms in total. The van der Waals surface area contributed by atoms with Gasteiger partial charge in [0.15, 0.2) is 19.7 Å². The van der Waals surface area contributed by atoms with Crippen molar-refractivity contribution in [1.82, 2.24) is 5.32 Å². The van der Waals surface area contributed by atoms with Crippen LogP contribution in [0.3, 0.4) is 0 Å². The first kappa shape index (κ1) is 13.3. The molecule has 0 amide bonds. The van der Waals surface area contributed by atoms with Crippen LogP contribution in [-0.4, -0.2) is 51.9 Å². The van der Waals surface area contributed by atoms with Crippen molar-refractivity contribution in [2.24, 2.45) is 0 Å². The zero-order valence-corrected chi connectivity index (χ0v) is 11.4. The summed E-state index contributed by atoms with van der Waals surface area (Å²) in [4.78, 5) is 0. The Morgan fingerprint density at radius 3 is 2.29 bits per heavy atom. The van der Waals surface area contributed by atoms with E-state index in [1.807, 2.05) is 0 Å². The van der Waals surface area contributed by atoms with Crippen molar-refractivity contribution in [2.75, 3.05) is 23.8 Å². The molecule has 0 bridgehead atoms. The molecular weight excluding hydrogens is 262 g/mol. The SMILES string of the molecule is O=S1(=O)CCCC(NCC2CCCS2(=O)=O)C1. The summed E-state index contributed by atoms with van der Waals surface area (Å²) in [5.41, 5.74) is 0. The van der Waals surface area contributed by atoms with Gasteiger partial charge in [0, 0.05) is 12.6 Å². The van der Waals surface area contributed by atoms with Crippen LogP contribution in [0.2, 0.25) is 0 Å². The normalized spacial score (nSPS) is 35.8. The van der Waals surface area contributed by atoms with Gasteiger partial charge in [0.1, 0.15) is 0 Å². The van der Waals surface area contributed by atoms with E-state index in [1.165, 1.54) is 0 Å². The van der Waals surface area contributed by atoms with Crippen LogP contribution in [0.15, 0.2) is 0 Å². The summed E-state index contributed by atoms with van der Waals surface area (Å²) in [5, 5.41) is 2.80. The van der Waals surface area contributed by atoms with Crippen LogP contribution in [0.25, 0.3) is 0 Å². The van der Waals surface area contributed by atoms with Gasteiger partial charge in [0.25, 0.3) is 0 Å². The van der Waals surface area contributed by atoms with Crippen LogP contribution in [0, 0.1) is 0 Å². The first-order chi connectivity index (χ1) is 7.89. The molecule has 2 saturated heterocycles. The molecule has 100 valence electrons. The van der Waals surface area contributed by atoms with Crippen molar-refractivity contribution in [1.29, 1.82) is 0 Å². The molecule has 0 radical (unpaired) electrons. The van der Waals surface area contributed by atoms with E-state index in [9.17, 15) is 16.8 Å². The molecule has 0 spiro atoms. The summed E-state index contributed by atoms with van der Waals surface area (Å²) in [5.74, 6) is 0.703. The Morgan fingerprint density at radius 2 is 1.71 bits per heavy atom. The van der Waals surface area contributed by atoms with Crippen molar-refractivity contribution < 1.29 is 16.8 Å². The topological polar surface area (TPSA) is 80.3 Å². The van der Waals surface area contributed by atoms with Gasteiger partial charge in [-0.05, 0) is 25.7 Å². The second-order valence-electron chi connectivity index (χ2n) is 4.99. The Labute approximate surface area is 103 Å². The van der Waals surface area contributed by atoms with Gasteiger partial charge >= 0.3 is 0 Å². The maximum atomic E-state index is 11.6. The molecule has 0 aliphatic carbocycles. The lowest BCUT2D eigenvalue weighted by Crippen LogP contribution is -2.44. The highest BCUT2D eigenvalue weighted by molar-refractivity contribution is 7.92. The highest BCUT2D eigenvalue weighted by atomic mass is 32.2. The molecular formula is C10H19NO4S2. The van der Waals surface area contributed by atoms with Crippen LogP contribution in [0.5, 0.6) is 0 Å². The standard InChI is InChI=1S/C10H19NO4S2/c12-16(13)5-1-3-9(8-16)11-7-10-4-2-6-17(10,14)15/h9-11H,1-8H2. The van der Waals surface area contributed by atoms with Crippen molar-refractivity contribution in [3.63, 3.8) is 0 Å². The summed E-state index contributed by atoms with van der Waals surface area (Å²) < 4.78 is 46.1. The first-order valence-electron chi connectivity index (χ1n) is 6.04. The summed E-state index contributed by atoms with van der Waals surface area (Å²) >= 11 is 0. The lowest BCUT2D eigenvalue weighted by Gasteiger charge is -2.24. The highest BCUT2D eigenvalue weighted by Gasteiger charge is 2.32. The van der Waals surface area contributed by atoms with E-state index in [-0.39, 0.29) is 28.6 Å². The lowest BCUT2D eigenvalue weighted by atomic mass is 10.1. The second-order valence-corrected chi connectivity index (χ2v) is 9.62. The third-order valence-electron chi connectivity index (χ3n) is 3.56. The number of hydrogen-bond donors (Lipinski definition) is 1. The Kier molecular flexibility index (Phi) is 3.80. The summed E-state index contributed by atoms with van der Waals surface area (Å²) in [6, 6.07) is -0.0652. The number of nitrogens with one attached hydrogen (secondary N) is 1. The molecule has 2 aliphatic rings. The zero-order valence-electron chi connectivity index (χ0n) is 9.76. The van der Waals surface area contributed by atoms with E-state index < -0.39 is 19.7 Å². The average Bonchev–Trinajstić information content (AvgIpc) is 2.53. The fourth-order valence-electron chi connectivity index (χ4n) is 2.57. The highest BCUT2D eigenvalue weighted by Crippen LogP contribution is 2.20. The zero-order chi connectivity index (χ0) is 12.5. The minimum Gasteiger partial charge on any atom is -0.312 e. The molecule has 2 heterocycles. The quantitative estimate of drug-likeness (QED) is 0.770. The molecule has 2 unspecified atom stereocenters. The number of rotatable bonds is 3. The minimum absolute atomic E-state index is 0.0652. The third kappa shape index (κ3) is 3.42. The molecule has 17 heavy (non-hydrogen) atoms. The van der Waals surface area contributed by atoms with Crippen LogP contribution >= 0.6 is 0 Å². The molecule has 7 heteroatoms. The van der Waals surface area contributed by atoms with Crippen LogP contribution in [0.1, 0.15) is 25.7 Å². The largest absolute Gasteiger partial charge is 0.312 e. The van der Waals surface area contributed by atoms with Gasteiger partial charge in [-0.15, -0.1) is 0 Å². The first-order valence-corrected chi connectivity index (χ1v) is 9.58. The molecule has 2 rings (SSSR count). The van der Waals surface area contributed by atoms with Crippen molar-refractivity contribution in [3.8, 4) is 0 Å². The molecule has 0 aromatic carbocycles. The maximum Gasteiger partial charge on any atom is 0.154 e. The summed E-state index contributed by atoms with van der Waals surface area (Å²) in [6.07, 6.45) is 2.94. The van der Waals surface area contributed by atoms with E-state index in [4.69, 9.17) is 0 Å². The van der Waals surface area contributed by atoms with Crippen molar-refractivity contribution in [3.05, 3.63) is 0 Å². The molecule has 2 aliphatic heterocycles. The molecule has 2 atom stereocenters. The smallest absolute Gasteiger partial charge is 0.154 e. The Hall–Kier alpha value is -0.140. The third-order valence-corrected chi connectivity index (χ3v) is 7.66. The number of sulfone groups is 2. The summed E-state index contributed by atoms with van der Waals surface area (Å²) in [7, 11) is -5.85. The van der Waals surface area contributed by atoms with E-state index in [2.05, 4.69) is 5.32 Å². The molecule has 0 aromatic rings. The maximum absolute atomic E-state index is 11.6. The van der Waals surface area contributed by atoms with Gasteiger partial charge in [-0.25, -0.2) is 16.8 Å². The van der Waals surface area contributed by atoms with Gasteiger partial charge in [-0.2, -0.15) is 0 Å². The molecule has 1 N–H and O–H groups in total. The van der Waals surface area contributed by atoms with Crippen molar-refractivity contribution >= 4 is 19.7 Å². The fourth-order valence-corrected chi connectivity index (χ4v) is 6.02.